The van der Waals surface area contributed by atoms with E-state index < -0.39 is 0 Å². The summed E-state index contributed by atoms with van der Waals surface area (Å²) in [6.45, 7) is 1.12. The van der Waals surface area contributed by atoms with Crippen LogP contribution < -0.4 is 4.90 Å². The van der Waals surface area contributed by atoms with Crippen molar-refractivity contribution in [1.82, 2.24) is 9.97 Å². The minimum Gasteiger partial charge on any atom is -0.362 e. The number of aromatic amines is 1. The molecule has 86 valence electrons. The van der Waals surface area contributed by atoms with E-state index in [4.69, 9.17) is 0 Å². The molecule has 3 aliphatic rings. The molecule has 2 atom stereocenters. The maximum absolute atomic E-state index is 4.49. The van der Waals surface area contributed by atoms with Gasteiger partial charge in [0.2, 0.25) is 0 Å². The van der Waals surface area contributed by atoms with E-state index in [1.807, 2.05) is 6.33 Å². The van der Waals surface area contributed by atoms with Gasteiger partial charge in [0.1, 0.15) is 0 Å². The van der Waals surface area contributed by atoms with E-state index in [0.717, 1.165) is 6.54 Å². The lowest BCUT2D eigenvalue weighted by molar-refractivity contribution is 0.379. The minimum atomic E-state index is 0.500. The van der Waals surface area contributed by atoms with Crippen molar-refractivity contribution >= 4 is 5.69 Å². The summed E-state index contributed by atoms with van der Waals surface area (Å²) in [5.74, 6) is 0.612. The Morgan fingerprint density at radius 2 is 2.06 bits per heavy atom. The van der Waals surface area contributed by atoms with Crippen molar-refractivity contribution in [1.29, 1.82) is 0 Å². The first-order valence-corrected chi connectivity index (χ1v) is 6.28. The maximum atomic E-state index is 4.49. The largest absolute Gasteiger partial charge is 0.362 e. The fourth-order valence-electron chi connectivity index (χ4n) is 3.31. The average Bonchev–Trinajstić information content (AvgIpc) is 2.91. The van der Waals surface area contributed by atoms with Crippen molar-refractivity contribution in [2.45, 2.75) is 24.8 Å². The molecule has 0 radical (unpaired) electrons. The first kappa shape index (κ1) is 9.28. The molecule has 3 nitrogen and oxygen atoms in total. The number of piperidine rings is 1. The van der Waals surface area contributed by atoms with Crippen LogP contribution in [0.25, 0.3) is 0 Å². The van der Waals surface area contributed by atoms with Gasteiger partial charge in [-0.05, 0) is 25.0 Å². The zero-order valence-electron chi connectivity index (χ0n) is 9.63. The molecular weight excluding hydrogens is 210 g/mol. The van der Waals surface area contributed by atoms with Gasteiger partial charge in [-0.25, -0.2) is 4.98 Å². The second-order valence-corrected chi connectivity index (χ2v) is 4.98. The Hall–Kier alpha value is -1.77. The molecule has 5 rings (SSSR count). The summed E-state index contributed by atoms with van der Waals surface area (Å²) in [5.41, 5.74) is 3.99. The van der Waals surface area contributed by atoms with E-state index in [1.165, 1.54) is 29.9 Å². The molecule has 1 fully saturated rings. The molecule has 2 unspecified atom stereocenters. The van der Waals surface area contributed by atoms with Gasteiger partial charge in [-0.2, -0.15) is 0 Å². The number of para-hydroxylation sites is 1. The van der Waals surface area contributed by atoms with Crippen LogP contribution in [0.1, 0.15) is 36.2 Å². The van der Waals surface area contributed by atoms with Gasteiger partial charge in [-0.1, -0.05) is 18.2 Å². The van der Waals surface area contributed by atoms with Crippen LogP contribution in [0.4, 0.5) is 5.69 Å². The molecular formula is C14H15N3. The van der Waals surface area contributed by atoms with Gasteiger partial charge in [-0.3, -0.25) is 0 Å². The third-order valence-corrected chi connectivity index (χ3v) is 4.09. The van der Waals surface area contributed by atoms with Gasteiger partial charge in [0.15, 0.2) is 0 Å². The molecule has 17 heavy (non-hydrogen) atoms. The topological polar surface area (TPSA) is 31.9 Å². The summed E-state index contributed by atoms with van der Waals surface area (Å²) in [4.78, 5) is 10.3. The number of aromatic nitrogens is 2. The number of rotatable bonds is 1. The van der Waals surface area contributed by atoms with Crippen LogP contribution in [0.2, 0.25) is 0 Å². The Balaban J connectivity index is 1.79. The van der Waals surface area contributed by atoms with Crippen LogP contribution in [0.5, 0.6) is 0 Å². The average molecular weight is 225 g/mol. The van der Waals surface area contributed by atoms with E-state index in [1.54, 1.807) is 0 Å². The van der Waals surface area contributed by atoms with Crippen molar-refractivity contribution in [3.05, 3.63) is 48.0 Å². The zero-order valence-corrected chi connectivity index (χ0v) is 9.63. The van der Waals surface area contributed by atoms with Crippen molar-refractivity contribution in [2.75, 3.05) is 11.4 Å². The number of hydrogen-bond donors (Lipinski definition) is 1. The third-order valence-electron chi connectivity index (χ3n) is 4.09. The third kappa shape index (κ3) is 1.25. The highest BCUT2D eigenvalue weighted by atomic mass is 15.2. The number of hydrogen-bond acceptors (Lipinski definition) is 2. The summed E-state index contributed by atoms with van der Waals surface area (Å²) >= 11 is 0. The van der Waals surface area contributed by atoms with E-state index in [2.05, 4.69) is 45.2 Å². The molecule has 0 saturated carbocycles. The molecule has 1 aromatic heterocycles. The molecule has 2 bridgehead atoms. The van der Waals surface area contributed by atoms with Gasteiger partial charge in [0.25, 0.3) is 0 Å². The maximum Gasteiger partial charge on any atom is 0.0925 e. The van der Waals surface area contributed by atoms with Crippen LogP contribution in [-0.4, -0.2) is 16.5 Å². The second-order valence-electron chi connectivity index (χ2n) is 4.98. The molecule has 0 spiro atoms. The van der Waals surface area contributed by atoms with Crippen LogP contribution in [0.15, 0.2) is 36.7 Å². The van der Waals surface area contributed by atoms with Crippen molar-refractivity contribution in [3.8, 4) is 0 Å². The number of anilines is 1. The quantitative estimate of drug-likeness (QED) is 0.809. The number of benzene rings is 1. The minimum absolute atomic E-state index is 0.500. The Labute approximate surface area is 100 Å². The van der Waals surface area contributed by atoms with Gasteiger partial charge < -0.3 is 9.88 Å². The Morgan fingerprint density at radius 3 is 2.94 bits per heavy atom. The summed E-state index contributed by atoms with van der Waals surface area (Å²) in [6, 6.07) is 11.2. The molecule has 0 amide bonds. The van der Waals surface area contributed by atoms with Gasteiger partial charge in [0, 0.05) is 18.2 Å². The fourth-order valence-corrected chi connectivity index (χ4v) is 3.31. The van der Waals surface area contributed by atoms with Crippen molar-refractivity contribution in [3.63, 3.8) is 0 Å². The Morgan fingerprint density at radius 1 is 1.18 bits per heavy atom. The zero-order chi connectivity index (χ0) is 11.2. The van der Waals surface area contributed by atoms with Gasteiger partial charge in [-0.15, -0.1) is 0 Å². The molecule has 1 N–H and O–H groups in total. The van der Waals surface area contributed by atoms with Crippen LogP contribution in [-0.2, 0) is 0 Å². The van der Waals surface area contributed by atoms with E-state index in [0.29, 0.717) is 12.0 Å². The molecule has 1 aromatic carbocycles. The summed E-state index contributed by atoms with van der Waals surface area (Å²) in [6.07, 6.45) is 4.38. The lowest BCUT2D eigenvalue weighted by Gasteiger charge is -2.45. The van der Waals surface area contributed by atoms with E-state index in [-0.39, 0.29) is 0 Å². The highest BCUT2D eigenvalue weighted by Gasteiger charge is 2.40. The smallest absolute Gasteiger partial charge is 0.0925 e. The van der Waals surface area contributed by atoms with Crippen molar-refractivity contribution < 1.29 is 0 Å². The molecule has 1 saturated heterocycles. The van der Waals surface area contributed by atoms with E-state index in [9.17, 15) is 0 Å². The van der Waals surface area contributed by atoms with Gasteiger partial charge >= 0.3 is 0 Å². The first-order valence-electron chi connectivity index (χ1n) is 6.28. The summed E-state index contributed by atoms with van der Waals surface area (Å²) < 4.78 is 0. The first-order chi connectivity index (χ1) is 8.43. The Kier molecular flexibility index (Phi) is 1.83. The number of nitrogens with one attached hydrogen (secondary N) is 1. The predicted octanol–water partition coefficient (Wildman–Crippen LogP) is 2.85. The number of fused-ring (bicyclic) bond motifs is 2. The van der Waals surface area contributed by atoms with Crippen molar-refractivity contribution in [2.24, 2.45) is 0 Å². The lowest BCUT2D eigenvalue weighted by Crippen LogP contribution is -2.42. The number of imidazole rings is 1. The van der Waals surface area contributed by atoms with Crippen LogP contribution >= 0.6 is 0 Å². The SMILES string of the molecule is c1ccc(N2CC3CCC2c2[nH]cnc23)cc1. The van der Waals surface area contributed by atoms with Gasteiger partial charge in [0.05, 0.1) is 23.8 Å². The monoisotopic (exact) mass is 225 g/mol. The highest BCUT2D eigenvalue weighted by Crippen LogP contribution is 2.46. The summed E-state index contributed by atoms with van der Waals surface area (Å²) in [5, 5.41) is 0. The normalized spacial score (nSPS) is 26.0. The predicted molar refractivity (Wildman–Crippen MR) is 67.1 cm³/mol. The fraction of sp³-hybridized carbons (Fsp3) is 0.357. The van der Waals surface area contributed by atoms with Crippen LogP contribution in [0.3, 0.4) is 0 Å². The Bertz CT molecular complexity index is 531. The second kappa shape index (κ2) is 3.36. The van der Waals surface area contributed by atoms with Crippen LogP contribution in [0, 0.1) is 0 Å². The number of H-pyrrole nitrogens is 1. The summed E-state index contributed by atoms with van der Waals surface area (Å²) in [7, 11) is 0. The highest BCUT2D eigenvalue weighted by molar-refractivity contribution is 5.52. The molecule has 2 aromatic rings. The molecule has 3 heterocycles. The molecule has 3 heteroatoms. The lowest BCUT2D eigenvalue weighted by atomic mass is 9.80. The standard InChI is InChI=1S/C14H15N3/c1-2-4-11(5-3-1)17-8-10-6-7-12(17)14-13(10)15-9-16-14/h1-5,9-10,12H,6-8H2,(H,15,16). The number of nitrogens with zero attached hydrogens (tertiary/aromatic N) is 2. The molecule has 1 aliphatic carbocycles. The molecule has 2 aliphatic heterocycles. The van der Waals surface area contributed by atoms with E-state index >= 15 is 0 Å².